The van der Waals surface area contributed by atoms with Gasteiger partial charge >= 0.3 is 0 Å². The standard InChI is InChI=1S/C13H23N3O2/c1-5-9(4)12(7-17)14-13(18)11-6-10(8(2)3)15-16-11/h6,8-9,12,17H,5,7H2,1-4H3,(H,14,18)(H,15,16)/t9-,12-/m0/s1. The molecule has 0 unspecified atom stereocenters. The number of aliphatic hydroxyl groups excluding tert-OH is 1. The molecule has 0 radical (unpaired) electrons. The van der Waals surface area contributed by atoms with Crippen LogP contribution < -0.4 is 5.32 Å². The number of aromatic amines is 1. The average Bonchev–Trinajstić information content (AvgIpc) is 2.84. The van der Waals surface area contributed by atoms with Gasteiger partial charge in [0.25, 0.3) is 5.91 Å². The summed E-state index contributed by atoms with van der Waals surface area (Å²) >= 11 is 0. The molecule has 5 nitrogen and oxygen atoms in total. The van der Waals surface area contributed by atoms with Gasteiger partial charge in [-0.15, -0.1) is 0 Å². The van der Waals surface area contributed by atoms with Crippen molar-refractivity contribution in [2.24, 2.45) is 5.92 Å². The van der Waals surface area contributed by atoms with Crippen molar-refractivity contribution in [2.45, 2.75) is 46.1 Å². The number of rotatable bonds is 6. The van der Waals surface area contributed by atoms with Crippen LogP contribution in [0.3, 0.4) is 0 Å². The van der Waals surface area contributed by atoms with E-state index >= 15 is 0 Å². The second-order valence-corrected chi connectivity index (χ2v) is 5.01. The Hall–Kier alpha value is -1.36. The maximum absolute atomic E-state index is 12.0. The third kappa shape index (κ3) is 3.57. The fourth-order valence-electron chi connectivity index (χ4n) is 1.64. The van der Waals surface area contributed by atoms with Crippen LogP contribution in [0.2, 0.25) is 0 Å². The second-order valence-electron chi connectivity index (χ2n) is 5.01. The maximum atomic E-state index is 12.0. The van der Waals surface area contributed by atoms with Crippen molar-refractivity contribution in [2.75, 3.05) is 6.61 Å². The van der Waals surface area contributed by atoms with Crippen molar-refractivity contribution in [3.05, 3.63) is 17.5 Å². The lowest BCUT2D eigenvalue weighted by atomic mass is 10.00. The number of hydrogen-bond donors (Lipinski definition) is 3. The summed E-state index contributed by atoms with van der Waals surface area (Å²) < 4.78 is 0. The number of aliphatic hydroxyl groups is 1. The first-order chi connectivity index (χ1) is 8.49. The molecule has 18 heavy (non-hydrogen) atoms. The van der Waals surface area contributed by atoms with E-state index in [0.717, 1.165) is 12.1 Å². The number of carbonyl (C=O) groups excluding carboxylic acids is 1. The first-order valence-electron chi connectivity index (χ1n) is 6.46. The molecule has 0 saturated heterocycles. The van der Waals surface area contributed by atoms with Gasteiger partial charge in [-0.3, -0.25) is 9.89 Å². The summed E-state index contributed by atoms with van der Waals surface area (Å²) in [6.07, 6.45) is 0.906. The van der Waals surface area contributed by atoms with Gasteiger partial charge < -0.3 is 10.4 Å². The molecule has 1 rings (SSSR count). The number of hydrogen-bond acceptors (Lipinski definition) is 3. The molecule has 0 bridgehead atoms. The van der Waals surface area contributed by atoms with Crippen molar-refractivity contribution >= 4 is 5.91 Å². The Balaban J connectivity index is 2.68. The third-order valence-electron chi connectivity index (χ3n) is 3.30. The highest BCUT2D eigenvalue weighted by molar-refractivity contribution is 5.92. The lowest BCUT2D eigenvalue weighted by molar-refractivity contribution is 0.0886. The highest BCUT2D eigenvalue weighted by atomic mass is 16.3. The van der Waals surface area contributed by atoms with Gasteiger partial charge in [0.15, 0.2) is 0 Å². The smallest absolute Gasteiger partial charge is 0.272 e. The van der Waals surface area contributed by atoms with E-state index < -0.39 is 0 Å². The normalized spacial score (nSPS) is 14.6. The molecule has 0 spiro atoms. The number of aromatic nitrogens is 2. The van der Waals surface area contributed by atoms with Gasteiger partial charge in [0, 0.05) is 5.69 Å². The summed E-state index contributed by atoms with van der Waals surface area (Å²) in [4.78, 5) is 12.0. The maximum Gasteiger partial charge on any atom is 0.272 e. The van der Waals surface area contributed by atoms with Gasteiger partial charge in [-0.1, -0.05) is 34.1 Å². The quantitative estimate of drug-likeness (QED) is 0.721. The summed E-state index contributed by atoms with van der Waals surface area (Å²) in [6, 6.07) is 1.53. The zero-order valence-electron chi connectivity index (χ0n) is 11.5. The number of amides is 1. The molecule has 5 heteroatoms. The zero-order valence-corrected chi connectivity index (χ0v) is 11.5. The average molecular weight is 253 g/mol. The molecule has 102 valence electrons. The van der Waals surface area contributed by atoms with E-state index in [-0.39, 0.29) is 24.5 Å². The fourth-order valence-corrected chi connectivity index (χ4v) is 1.64. The number of carbonyl (C=O) groups is 1. The van der Waals surface area contributed by atoms with Crippen LogP contribution in [0.15, 0.2) is 6.07 Å². The van der Waals surface area contributed by atoms with Crippen LogP contribution >= 0.6 is 0 Å². The molecule has 1 amide bonds. The molecule has 0 aliphatic rings. The van der Waals surface area contributed by atoms with Crippen LogP contribution in [0.4, 0.5) is 0 Å². The minimum Gasteiger partial charge on any atom is -0.394 e. The van der Waals surface area contributed by atoms with Crippen LogP contribution in [0.1, 0.15) is 56.2 Å². The van der Waals surface area contributed by atoms with Crippen LogP contribution in [0, 0.1) is 5.92 Å². The Morgan fingerprint density at radius 1 is 1.50 bits per heavy atom. The first kappa shape index (κ1) is 14.7. The summed E-state index contributed by atoms with van der Waals surface area (Å²) in [6.45, 7) is 8.05. The largest absolute Gasteiger partial charge is 0.394 e. The first-order valence-corrected chi connectivity index (χ1v) is 6.46. The predicted octanol–water partition coefficient (Wildman–Crippen LogP) is 1.67. The molecular weight excluding hydrogens is 230 g/mol. The molecular formula is C13H23N3O2. The van der Waals surface area contributed by atoms with Crippen LogP contribution in [0.25, 0.3) is 0 Å². The van der Waals surface area contributed by atoms with Gasteiger partial charge in [0.2, 0.25) is 0 Å². The summed E-state index contributed by atoms with van der Waals surface area (Å²) in [5, 5.41) is 18.9. The molecule has 0 aliphatic carbocycles. The molecule has 1 aromatic rings. The van der Waals surface area contributed by atoms with Crippen LogP contribution in [-0.4, -0.2) is 33.9 Å². The van der Waals surface area contributed by atoms with Gasteiger partial charge in [0.05, 0.1) is 12.6 Å². The molecule has 0 aliphatic heterocycles. The number of nitrogens with one attached hydrogen (secondary N) is 2. The Bertz CT molecular complexity index is 387. The Kier molecular flexibility index (Phi) is 5.34. The van der Waals surface area contributed by atoms with Crippen LogP contribution in [0.5, 0.6) is 0 Å². The number of nitrogens with zero attached hydrogens (tertiary/aromatic N) is 1. The van der Waals surface area contributed by atoms with E-state index in [2.05, 4.69) is 15.5 Å². The van der Waals surface area contributed by atoms with Gasteiger partial charge in [-0.25, -0.2) is 0 Å². The Labute approximate surface area is 108 Å². The van der Waals surface area contributed by atoms with E-state index in [4.69, 9.17) is 0 Å². The lowest BCUT2D eigenvalue weighted by Gasteiger charge is -2.21. The highest BCUT2D eigenvalue weighted by Crippen LogP contribution is 2.13. The van der Waals surface area contributed by atoms with Crippen molar-refractivity contribution < 1.29 is 9.90 Å². The number of H-pyrrole nitrogens is 1. The van der Waals surface area contributed by atoms with Crippen LogP contribution in [-0.2, 0) is 0 Å². The Morgan fingerprint density at radius 3 is 2.61 bits per heavy atom. The summed E-state index contributed by atoms with van der Waals surface area (Å²) in [5.41, 5.74) is 1.31. The Morgan fingerprint density at radius 2 is 2.17 bits per heavy atom. The highest BCUT2D eigenvalue weighted by Gasteiger charge is 2.20. The molecule has 0 saturated carbocycles. The molecule has 3 N–H and O–H groups in total. The van der Waals surface area contributed by atoms with Gasteiger partial charge in [-0.05, 0) is 17.9 Å². The minimum atomic E-state index is -0.238. The fraction of sp³-hybridized carbons (Fsp3) is 0.692. The zero-order chi connectivity index (χ0) is 13.7. The molecule has 1 aromatic heterocycles. The summed E-state index contributed by atoms with van der Waals surface area (Å²) in [5.74, 6) is 0.308. The van der Waals surface area contributed by atoms with E-state index in [1.165, 1.54) is 0 Å². The third-order valence-corrected chi connectivity index (χ3v) is 3.30. The van der Waals surface area contributed by atoms with E-state index in [0.29, 0.717) is 11.6 Å². The van der Waals surface area contributed by atoms with E-state index in [1.807, 2.05) is 27.7 Å². The SMILES string of the molecule is CC[C@H](C)[C@H](CO)NC(=O)c1cc(C(C)C)[nH]n1. The molecule has 1 heterocycles. The molecule has 2 atom stereocenters. The van der Waals surface area contributed by atoms with Crippen molar-refractivity contribution in [3.8, 4) is 0 Å². The van der Waals surface area contributed by atoms with Crippen molar-refractivity contribution in [1.82, 2.24) is 15.5 Å². The minimum absolute atomic E-state index is 0.0534. The van der Waals surface area contributed by atoms with Crippen molar-refractivity contribution in [3.63, 3.8) is 0 Å². The van der Waals surface area contributed by atoms with E-state index in [9.17, 15) is 9.90 Å². The molecule has 0 aromatic carbocycles. The van der Waals surface area contributed by atoms with Gasteiger partial charge in [0.1, 0.15) is 5.69 Å². The second kappa shape index (κ2) is 6.54. The van der Waals surface area contributed by atoms with Crippen molar-refractivity contribution in [1.29, 1.82) is 0 Å². The monoisotopic (exact) mass is 253 g/mol. The predicted molar refractivity (Wildman–Crippen MR) is 70.5 cm³/mol. The summed E-state index contributed by atoms with van der Waals surface area (Å²) in [7, 11) is 0. The van der Waals surface area contributed by atoms with Gasteiger partial charge in [-0.2, -0.15) is 5.10 Å². The topological polar surface area (TPSA) is 78.0 Å². The molecule has 0 fully saturated rings. The lowest BCUT2D eigenvalue weighted by Crippen LogP contribution is -2.42. The van der Waals surface area contributed by atoms with E-state index in [1.54, 1.807) is 6.07 Å².